The number of nitrogens with zero attached hydrogens (tertiary/aromatic N) is 5. The van der Waals surface area contributed by atoms with Crippen molar-refractivity contribution in [2.45, 2.75) is 95.6 Å². The first-order chi connectivity index (χ1) is 29.4. The lowest BCUT2D eigenvalue weighted by Crippen LogP contribution is -2.54. The van der Waals surface area contributed by atoms with Crippen LogP contribution in [-0.2, 0) is 29.1 Å². The van der Waals surface area contributed by atoms with Gasteiger partial charge in [-0.15, -0.1) is 0 Å². The van der Waals surface area contributed by atoms with Crippen molar-refractivity contribution in [1.29, 1.82) is 0 Å². The number of H-pyrrole nitrogens is 1. The summed E-state index contributed by atoms with van der Waals surface area (Å²) in [4.78, 5) is 63.7. The number of aromatic nitrogens is 1. The van der Waals surface area contributed by atoms with Gasteiger partial charge in [-0.3, -0.25) is 39.2 Å². The number of alkyl halides is 2. The molecule has 0 radical (unpaired) electrons. The Morgan fingerprint density at radius 3 is 2.11 bits per heavy atom. The van der Waals surface area contributed by atoms with Crippen LogP contribution in [-0.4, -0.2) is 112 Å². The van der Waals surface area contributed by atoms with Gasteiger partial charge in [0.15, 0.2) is 0 Å². The number of aromatic amines is 1. The van der Waals surface area contributed by atoms with Gasteiger partial charge in [0.25, 0.3) is 18.2 Å². The summed E-state index contributed by atoms with van der Waals surface area (Å²) in [6.07, 6.45) is 1.80. The van der Waals surface area contributed by atoms with E-state index in [-0.39, 0.29) is 24.4 Å². The fraction of sp³-hybridized carbons (Fsp3) is 0.478. The number of anilines is 1. The molecule has 0 aliphatic carbocycles. The molecule has 320 valence electrons. The van der Waals surface area contributed by atoms with Gasteiger partial charge in [-0.1, -0.05) is 18.2 Å². The van der Waals surface area contributed by atoms with Crippen LogP contribution in [0.3, 0.4) is 0 Å². The number of rotatable bonds is 8. The molecule has 7 heterocycles. The van der Waals surface area contributed by atoms with Crippen LogP contribution in [0.4, 0.5) is 23.2 Å². The first-order valence-electron chi connectivity index (χ1n) is 21.6. The van der Waals surface area contributed by atoms with Crippen molar-refractivity contribution in [3.63, 3.8) is 0 Å². The quantitative estimate of drug-likeness (QED) is 0.161. The number of halogens is 4. The van der Waals surface area contributed by atoms with Gasteiger partial charge in [0.05, 0.1) is 23.7 Å². The third kappa shape index (κ3) is 7.11. The number of hydrogen-bond acceptors (Lipinski definition) is 8. The van der Waals surface area contributed by atoms with E-state index in [1.165, 1.54) is 17.0 Å². The van der Waals surface area contributed by atoms with Crippen molar-refractivity contribution in [2.75, 3.05) is 44.2 Å². The Bertz CT molecular complexity index is 2370. The van der Waals surface area contributed by atoms with Gasteiger partial charge in [-0.25, -0.2) is 17.6 Å². The molecule has 10 rings (SSSR count). The van der Waals surface area contributed by atoms with Crippen molar-refractivity contribution in [2.24, 2.45) is 5.92 Å². The predicted octanol–water partition coefficient (Wildman–Crippen LogP) is 6.15. The summed E-state index contributed by atoms with van der Waals surface area (Å²) in [5.74, 6) is -3.00. The maximum Gasteiger partial charge on any atom is 0.262 e. The Morgan fingerprint density at radius 2 is 1.48 bits per heavy atom. The lowest BCUT2D eigenvalue weighted by Gasteiger charge is -2.41. The fourth-order valence-corrected chi connectivity index (χ4v) is 11.1. The normalized spacial score (nSPS) is 24.6. The lowest BCUT2D eigenvalue weighted by molar-refractivity contribution is -0.136. The average Bonchev–Trinajstić information content (AvgIpc) is 3.89. The highest BCUT2D eigenvalue weighted by Gasteiger charge is 2.46. The highest BCUT2D eigenvalue weighted by molar-refractivity contribution is 6.23. The van der Waals surface area contributed by atoms with Crippen LogP contribution < -0.4 is 10.2 Å². The maximum absolute atomic E-state index is 16.3. The summed E-state index contributed by atoms with van der Waals surface area (Å²) in [5.41, 5.74) is 5.25. The molecule has 6 aliphatic rings. The third-order valence-electron chi connectivity index (χ3n) is 14.3. The zero-order valence-electron chi connectivity index (χ0n) is 34.1. The summed E-state index contributed by atoms with van der Waals surface area (Å²) in [5, 5.41) is 3.19. The summed E-state index contributed by atoms with van der Waals surface area (Å²) in [7, 11) is 0. The molecule has 15 heteroatoms. The van der Waals surface area contributed by atoms with Crippen LogP contribution in [0.1, 0.15) is 100 Å². The number of hydrogen-bond donors (Lipinski definition) is 2. The number of piperidine rings is 3. The summed E-state index contributed by atoms with van der Waals surface area (Å²) >= 11 is 0. The Hall–Kier alpha value is -5.12. The van der Waals surface area contributed by atoms with Crippen LogP contribution in [0.5, 0.6) is 0 Å². The number of carbonyl (C=O) groups excluding carboxylic acids is 4. The van der Waals surface area contributed by atoms with E-state index in [1.807, 2.05) is 48.2 Å². The second kappa shape index (κ2) is 15.7. The number of nitrogens with one attached hydrogen (secondary N) is 2. The standard InChI is InChI=1S/C46H49F4N7O4/c1-25-16-32-31-4-2-3-5-37(31)51-42(32)43(56(25)24-39(49)50)41-35(47)19-30(20-36(41)48)54-14-8-26(9-15-54)21-53-12-10-29(11-13-53)55-22-27-17-33-34(18-28(27)23-55)46(61)57(45(33)60)38-6-7-40(58)52-44(38)59/h2-5,17-20,25-26,29,38-39,43,51H,6-16,21-24H2,1H3,(H,52,58,59)/t25-,38?,43-/m1/s1. The number of carbonyl (C=O) groups is 4. The number of amides is 4. The zero-order chi connectivity index (χ0) is 42.3. The van der Waals surface area contributed by atoms with E-state index in [2.05, 4.69) is 20.1 Å². The SMILES string of the molecule is C[C@@H]1Cc2c([nH]c3ccccc23)[C@@H](c2c(F)cc(N3CCC(CN4CCC(N5Cc6cc7c(cc6C5)C(=O)N(C5CCC(=O)NC5=O)C7=O)CC4)CC3)cc2F)N1CC(F)F. The van der Waals surface area contributed by atoms with Gasteiger partial charge < -0.3 is 14.8 Å². The molecule has 0 bridgehead atoms. The van der Waals surface area contributed by atoms with Gasteiger partial charge >= 0.3 is 0 Å². The molecule has 1 aromatic heterocycles. The Balaban J connectivity index is 0.743. The van der Waals surface area contributed by atoms with Gasteiger partial charge in [0.1, 0.15) is 17.7 Å². The van der Waals surface area contributed by atoms with E-state index in [9.17, 15) is 28.0 Å². The predicted molar refractivity (Wildman–Crippen MR) is 219 cm³/mol. The largest absolute Gasteiger partial charge is 0.371 e. The van der Waals surface area contributed by atoms with Crippen molar-refractivity contribution in [1.82, 2.24) is 29.9 Å². The van der Waals surface area contributed by atoms with Gasteiger partial charge in [-0.2, -0.15) is 0 Å². The highest BCUT2D eigenvalue weighted by atomic mass is 19.3. The van der Waals surface area contributed by atoms with Crippen molar-refractivity contribution in [3.8, 4) is 0 Å². The second-order valence-corrected chi connectivity index (χ2v) is 17.9. The number of fused-ring (bicyclic) bond motifs is 5. The Labute approximate surface area is 351 Å². The van der Waals surface area contributed by atoms with Crippen LogP contribution in [0, 0.1) is 17.6 Å². The highest BCUT2D eigenvalue weighted by Crippen LogP contribution is 2.44. The van der Waals surface area contributed by atoms with E-state index in [0.29, 0.717) is 67.1 Å². The molecule has 4 amide bonds. The van der Waals surface area contributed by atoms with E-state index in [4.69, 9.17) is 0 Å². The fourth-order valence-electron chi connectivity index (χ4n) is 11.1. The Morgan fingerprint density at radius 1 is 0.820 bits per heavy atom. The van der Waals surface area contributed by atoms with Crippen LogP contribution in [0.25, 0.3) is 10.9 Å². The minimum Gasteiger partial charge on any atom is -0.371 e. The molecule has 4 aromatic rings. The monoisotopic (exact) mass is 839 g/mol. The van der Waals surface area contributed by atoms with Gasteiger partial charge in [-0.05, 0) is 111 Å². The molecule has 6 aliphatic heterocycles. The third-order valence-corrected chi connectivity index (χ3v) is 14.3. The van der Waals surface area contributed by atoms with Gasteiger partial charge in [0.2, 0.25) is 11.8 Å². The van der Waals surface area contributed by atoms with Crippen LogP contribution in [0.15, 0.2) is 48.5 Å². The summed E-state index contributed by atoms with van der Waals surface area (Å²) in [6.45, 7) is 6.79. The van der Waals surface area contributed by atoms with E-state index in [0.717, 1.165) is 77.8 Å². The number of para-hydroxylation sites is 1. The minimum atomic E-state index is -2.66. The summed E-state index contributed by atoms with van der Waals surface area (Å²) in [6, 6.07) is 12.0. The molecular weight excluding hydrogens is 791 g/mol. The first kappa shape index (κ1) is 40.0. The van der Waals surface area contributed by atoms with Crippen LogP contribution >= 0.6 is 0 Å². The molecule has 61 heavy (non-hydrogen) atoms. The van der Waals surface area contributed by atoms with E-state index in [1.54, 1.807) is 0 Å². The molecule has 3 fully saturated rings. The number of benzene rings is 3. The molecular formula is C46H49F4N7O4. The number of imide groups is 2. The topological polar surface area (TPSA) is 112 Å². The molecule has 0 saturated carbocycles. The summed E-state index contributed by atoms with van der Waals surface area (Å²) < 4.78 is 60.4. The van der Waals surface area contributed by atoms with Crippen molar-refractivity contribution >= 4 is 40.2 Å². The van der Waals surface area contributed by atoms with E-state index >= 15 is 8.78 Å². The molecule has 11 nitrogen and oxygen atoms in total. The Kier molecular flexibility index (Phi) is 10.3. The molecule has 2 N–H and O–H groups in total. The smallest absolute Gasteiger partial charge is 0.262 e. The van der Waals surface area contributed by atoms with Crippen LogP contribution in [0.2, 0.25) is 0 Å². The zero-order valence-corrected chi connectivity index (χ0v) is 34.1. The lowest BCUT2D eigenvalue weighted by atomic mass is 9.88. The molecule has 3 saturated heterocycles. The number of likely N-dealkylation sites (tertiary alicyclic amines) is 1. The molecule has 3 aromatic carbocycles. The van der Waals surface area contributed by atoms with Crippen molar-refractivity contribution in [3.05, 3.63) is 99.2 Å². The maximum atomic E-state index is 16.3. The van der Waals surface area contributed by atoms with Gasteiger partial charge in [0, 0.05) is 79.1 Å². The average molecular weight is 840 g/mol. The van der Waals surface area contributed by atoms with E-state index < -0.39 is 60.3 Å². The van der Waals surface area contributed by atoms with Crippen molar-refractivity contribution < 1.29 is 36.7 Å². The first-order valence-corrected chi connectivity index (χ1v) is 21.6. The second-order valence-electron chi connectivity index (χ2n) is 17.9. The molecule has 3 atom stereocenters. The molecule has 0 spiro atoms. The molecule has 1 unspecified atom stereocenters. The minimum absolute atomic E-state index is 0.0818.